The second-order valence-electron chi connectivity index (χ2n) is 4.47. The van der Waals surface area contributed by atoms with E-state index < -0.39 is 0 Å². The summed E-state index contributed by atoms with van der Waals surface area (Å²) in [5.74, 6) is 0.995. The SMILES string of the molecule is O=C(c1ccccc1)c1ccc2c(c1)CCCO2. The van der Waals surface area contributed by atoms with E-state index in [1.54, 1.807) is 0 Å². The fourth-order valence-electron chi connectivity index (χ4n) is 2.26. The molecule has 0 amide bonds. The van der Waals surface area contributed by atoms with Gasteiger partial charge in [-0.1, -0.05) is 30.3 Å². The Balaban J connectivity index is 1.95. The lowest BCUT2D eigenvalue weighted by Gasteiger charge is -2.17. The molecule has 1 heterocycles. The fourth-order valence-corrected chi connectivity index (χ4v) is 2.26. The lowest BCUT2D eigenvalue weighted by Crippen LogP contribution is -2.10. The van der Waals surface area contributed by atoms with E-state index in [0.29, 0.717) is 0 Å². The highest BCUT2D eigenvalue weighted by molar-refractivity contribution is 6.09. The molecule has 2 heteroatoms. The van der Waals surface area contributed by atoms with Crippen molar-refractivity contribution >= 4 is 5.78 Å². The third kappa shape index (κ3) is 2.02. The van der Waals surface area contributed by atoms with Crippen molar-refractivity contribution in [2.24, 2.45) is 0 Å². The van der Waals surface area contributed by atoms with E-state index >= 15 is 0 Å². The minimum absolute atomic E-state index is 0.0731. The van der Waals surface area contributed by atoms with Gasteiger partial charge in [-0.15, -0.1) is 0 Å². The normalized spacial score (nSPS) is 13.6. The number of fused-ring (bicyclic) bond motifs is 1. The van der Waals surface area contributed by atoms with Crippen LogP contribution in [0.3, 0.4) is 0 Å². The zero-order chi connectivity index (χ0) is 12.4. The van der Waals surface area contributed by atoms with E-state index in [0.717, 1.165) is 41.9 Å². The zero-order valence-corrected chi connectivity index (χ0v) is 10.1. The van der Waals surface area contributed by atoms with Crippen molar-refractivity contribution in [3.05, 3.63) is 65.2 Å². The summed E-state index contributed by atoms with van der Waals surface area (Å²) in [5, 5.41) is 0. The first-order valence-electron chi connectivity index (χ1n) is 6.20. The lowest BCUT2D eigenvalue weighted by molar-refractivity contribution is 0.103. The summed E-state index contributed by atoms with van der Waals surface area (Å²) in [6.45, 7) is 0.777. The van der Waals surface area contributed by atoms with Gasteiger partial charge in [0.15, 0.2) is 5.78 Å². The molecule has 0 fully saturated rings. The monoisotopic (exact) mass is 238 g/mol. The molecule has 0 aromatic heterocycles. The van der Waals surface area contributed by atoms with Crippen molar-refractivity contribution < 1.29 is 9.53 Å². The molecule has 18 heavy (non-hydrogen) atoms. The van der Waals surface area contributed by atoms with Gasteiger partial charge in [0.2, 0.25) is 0 Å². The summed E-state index contributed by atoms with van der Waals surface area (Å²) in [5.41, 5.74) is 2.61. The molecule has 0 saturated heterocycles. The molecule has 0 unspecified atom stereocenters. The Bertz CT molecular complexity index is 573. The predicted octanol–water partition coefficient (Wildman–Crippen LogP) is 3.24. The van der Waals surface area contributed by atoms with Crippen LogP contribution in [-0.4, -0.2) is 12.4 Å². The van der Waals surface area contributed by atoms with E-state index in [2.05, 4.69) is 0 Å². The number of benzene rings is 2. The van der Waals surface area contributed by atoms with Crippen LogP contribution in [0.1, 0.15) is 27.9 Å². The summed E-state index contributed by atoms with van der Waals surface area (Å²) in [4.78, 5) is 12.3. The van der Waals surface area contributed by atoms with Crippen LogP contribution in [-0.2, 0) is 6.42 Å². The average Bonchev–Trinajstić information content (AvgIpc) is 2.47. The smallest absolute Gasteiger partial charge is 0.193 e. The number of carbonyl (C=O) groups excluding carboxylic acids is 1. The quantitative estimate of drug-likeness (QED) is 0.751. The van der Waals surface area contributed by atoms with Crippen LogP contribution in [0.5, 0.6) is 5.75 Å². The summed E-state index contributed by atoms with van der Waals surface area (Å²) in [6, 6.07) is 15.1. The average molecular weight is 238 g/mol. The summed E-state index contributed by atoms with van der Waals surface area (Å²) >= 11 is 0. The molecule has 0 atom stereocenters. The first-order chi connectivity index (χ1) is 8.84. The van der Waals surface area contributed by atoms with Crippen molar-refractivity contribution in [1.29, 1.82) is 0 Å². The third-order valence-corrected chi connectivity index (χ3v) is 3.21. The molecule has 1 aliphatic rings. The topological polar surface area (TPSA) is 26.3 Å². The lowest BCUT2D eigenvalue weighted by atomic mass is 9.98. The number of rotatable bonds is 2. The van der Waals surface area contributed by atoms with Gasteiger partial charge in [-0.05, 0) is 36.6 Å². The first-order valence-corrected chi connectivity index (χ1v) is 6.20. The second kappa shape index (κ2) is 4.65. The number of ketones is 1. The van der Waals surface area contributed by atoms with Gasteiger partial charge in [-0.25, -0.2) is 0 Å². The minimum Gasteiger partial charge on any atom is -0.493 e. The highest BCUT2D eigenvalue weighted by atomic mass is 16.5. The second-order valence-corrected chi connectivity index (χ2v) is 4.47. The highest BCUT2D eigenvalue weighted by Crippen LogP contribution is 2.26. The number of ether oxygens (including phenoxy) is 1. The van der Waals surface area contributed by atoms with Crippen molar-refractivity contribution in [3.63, 3.8) is 0 Å². The summed E-state index contributed by atoms with van der Waals surface area (Å²) in [6.07, 6.45) is 2.02. The molecule has 0 N–H and O–H groups in total. The van der Waals surface area contributed by atoms with Crippen molar-refractivity contribution in [2.75, 3.05) is 6.61 Å². The Labute approximate surface area is 106 Å². The molecule has 0 spiro atoms. The van der Waals surface area contributed by atoms with Gasteiger partial charge in [0.1, 0.15) is 5.75 Å². The molecule has 0 saturated carbocycles. The molecule has 1 aliphatic heterocycles. The van der Waals surface area contributed by atoms with E-state index in [4.69, 9.17) is 4.74 Å². The van der Waals surface area contributed by atoms with Crippen molar-refractivity contribution in [2.45, 2.75) is 12.8 Å². The Morgan fingerprint density at radius 1 is 1.00 bits per heavy atom. The molecule has 2 aromatic rings. The molecule has 0 radical (unpaired) electrons. The molecular weight excluding hydrogens is 224 g/mol. The largest absolute Gasteiger partial charge is 0.493 e. The molecule has 90 valence electrons. The van der Waals surface area contributed by atoms with Gasteiger partial charge in [0, 0.05) is 11.1 Å². The Kier molecular flexibility index (Phi) is 2.85. The van der Waals surface area contributed by atoms with Crippen LogP contribution in [0.2, 0.25) is 0 Å². The highest BCUT2D eigenvalue weighted by Gasteiger charge is 2.14. The van der Waals surface area contributed by atoms with Gasteiger partial charge < -0.3 is 4.74 Å². The van der Waals surface area contributed by atoms with Crippen LogP contribution in [0.4, 0.5) is 0 Å². The maximum atomic E-state index is 12.3. The van der Waals surface area contributed by atoms with E-state index in [1.807, 2.05) is 48.5 Å². The predicted molar refractivity (Wildman–Crippen MR) is 70.1 cm³/mol. The maximum absolute atomic E-state index is 12.3. The third-order valence-electron chi connectivity index (χ3n) is 3.21. The van der Waals surface area contributed by atoms with Gasteiger partial charge >= 0.3 is 0 Å². The van der Waals surface area contributed by atoms with Gasteiger partial charge in [-0.3, -0.25) is 4.79 Å². The van der Waals surface area contributed by atoms with E-state index in [-0.39, 0.29) is 5.78 Å². The van der Waals surface area contributed by atoms with E-state index in [9.17, 15) is 4.79 Å². The number of aryl methyl sites for hydroxylation is 1. The molecule has 0 aliphatic carbocycles. The minimum atomic E-state index is 0.0731. The van der Waals surface area contributed by atoms with Gasteiger partial charge in [-0.2, -0.15) is 0 Å². The van der Waals surface area contributed by atoms with Crippen LogP contribution < -0.4 is 4.74 Å². The number of carbonyl (C=O) groups is 1. The Morgan fingerprint density at radius 2 is 1.83 bits per heavy atom. The number of hydrogen-bond acceptors (Lipinski definition) is 2. The zero-order valence-electron chi connectivity index (χ0n) is 10.1. The molecule has 2 aromatic carbocycles. The fraction of sp³-hybridized carbons (Fsp3) is 0.188. The first kappa shape index (κ1) is 11.0. The molecule has 3 rings (SSSR count). The molecule has 0 bridgehead atoms. The van der Waals surface area contributed by atoms with Gasteiger partial charge in [0.05, 0.1) is 6.61 Å². The van der Waals surface area contributed by atoms with Crippen LogP contribution in [0.25, 0.3) is 0 Å². The Morgan fingerprint density at radius 3 is 2.67 bits per heavy atom. The molecular formula is C16H14O2. The maximum Gasteiger partial charge on any atom is 0.193 e. The Hall–Kier alpha value is -2.09. The van der Waals surface area contributed by atoms with Crippen molar-refractivity contribution in [1.82, 2.24) is 0 Å². The van der Waals surface area contributed by atoms with Gasteiger partial charge in [0.25, 0.3) is 0 Å². The standard InChI is InChI=1S/C16H14O2/c17-16(12-5-2-1-3-6-12)14-8-9-15-13(11-14)7-4-10-18-15/h1-3,5-6,8-9,11H,4,7,10H2. The van der Waals surface area contributed by atoms with Crippen molar-refractivity contribution in [3.8, 4) is 5.75 Å². The number of hydrogen-bond donors (Lipinski definition) is 0. The van der Waals surface area contributed by atoms with E-state index in [1.165, 1.54) is 0 Å². The molecule has 2 nitrogen and oxygen atoms in total. The van der Waals surface area contributed by atoms with Crippen LogP contribution in [0.15, 0.2) is 48.5 Å². The summed E-state index contributed by atoms with van der Waals surface area (Å²) < 4.78 is 5.55. The summed E-state index contributed by atoms with van der Waals surface area (Å²) in [7, 11) is 0. The van der Waals surface area contributed by atoms with Crippen LogP contribution in [0, 0.1) is 0 Å². The van der Waals surface area contributed by atoms with Crippen LogP contribution >= 0.6 is 0 Å².